The maximum absolute atomic E-state index is 12.8. The normalized spacial score (nSPS) is 15.4. The largest absolute Gasteiger partial charge is 0.391 e. The highest BCUT2D eigenvalue weighted by Gasteiger charge is 2.42. The zero-order valence-electron chi connectivity index (χ0n) is 10.0. The van der Waals surface area contributed by atoms with E-state index in [-0.39, 0.29) is 6.42 Å². The van der Waals surface area contributed by atoms with Gasteiger partial charge >= 0.3 is 0 Å². The number of aliphatic hydroxyl groups excluding tert-OH is 1. The van der Waals surface area contributed by atoms with Gasteiger partial charge in [0.05, 0.1) is 11.5 Å². The van der Waals surface area contributed by atoms with Crippen molar-refractivity contribution >= 4 is 0 Å². The SMILES string of the molecule is N[C@@H](Cc1ccccc1)[C@@H](O)C(CF)(CF)CF. The molecule has 0 unspecified atom stereocenters. The van der Waals surface area contributed by atoms with Gasteiger partial charge in [-0.2, -0.15) is 0 Å². The van der Waals surface area contributed by atoms with Crippen molar-refractivity contribution in [1.82, 2.24) is 0 Å². The van der Waals surface area contributed by atoms with Crippen molar-refractivity contribution < 1.29 is 18.3 Å². The predicted molar refractivity (Wildman–Crippen MR) is 64.5 cm³/mol. The quantitative estimate of drug-likeness (QED) is 0.786. The van der Waals surface area contributed by atoms with Gasteiger partial charge in [-0.3, -0.25) is 13.2 Å². The Morgan fingerprint density at radius 1 is 1.06 bits per heavy atom. The second-order valence-corrected chi connectivity index (χ2v) is 4.56. The fourth-order valence-electron chi connectivity index (χ4n) is 1.80. The molecule has 102 valence electrons. The van der Waals surface area contributed by atoms with E-state index in [9.17, 15) is 18.3 Å². The van der Waals surface area contributed by atoms with Crippen LogP contribution in [0.2, 0.25) is 0 Å². The summed E-state index contributed by atoms with van der Waals surface area (Å²) in [6, 6.07) is 8.07. The zero-order chi connectivity index (χ0) is 13.6. The van der Waals surface area contributed by atoms with Crippen molar-refractivity contribution in [2.45, 2.75) is 18.6 Å². The molecule has 0 bridgehead atoms. The van der Waals surface area contributed by atoms with Gasteiger partial charge in [-0.25, -0.2) is 0 Å². The third-order valence-corrected chi connectivity index (χ3v) is 3.15. The minimum atomic E-state index is -2.03. The number of hydrogen-bond donors (Lipinski definition) is 2. The molecule has 0 radical (unpaired) electrons. The lowest BCUT2D eigenvalue weighted by Gasteiger charge is -2.33. The first-order valence-corrected chi connectivity index (χ1v) is 5.75. The molecule has 5 heteroatoms. The Morgan fingerprint density at radius 3 is 2.00 bits per heavy atom. The predicted octanol–water partition coefficient (Wildman–Crippen LogP) is 1.81. The Kier molecular flexibility index (Phi) is 5.62. The summed E-state index contributed by atoms with van der Waals surface area (Å²) < 4.78 is 38.3. The molecule has 18 heavy (non-hydrogen) atoms. The Labute approximate surface area is 105 Å². The van der Waals surface area contributed by atoms with Crippen LogP contribution in [0.15, 0.2) is 30.3 Å². The van der Waals surface area contributed by atoms with Crippen LogP contribution in [-0.2, 0) is 6.42 Å². The summed E-state index contributed by atoms with van der Waals surface area (Å²) in [5.41, 5.74) is 4.51. The summed E-state index contributed by atoms with van der Waals surface area (Å²) in [5, 5.41) is 9.84. The first kappa shape index (κ1) is 15.0. The van der Waals surface area contributed by atoms with Gasteiger partial charge in [0, 0.05) is 6.04 Å². The van der Waals surface area contributed by atoms with Crippen LogP contribution in [0.5, 0.6) is 0 Å². The molecule has 0 amide bonds. The summed E-state index contributed by atoms with van der Waals surface area (Å²) in [5.74, 6) is 0. The zero-order valence-corrected chi connectivity index (χ0v) is 10.0. The maximum atomic E-state index is 12.8. The first-order chi connectivity index (χ1) is 8.59. The van der Waals surface area contributed by atoms with Crippen molar-refractivity contribution in [3.05, 3.63) is 35.9 Å². The molecule has 0 saturated heterocycles. The van der Waals surface area contributed by atoms with Gasteiger partial charge in [-0.1, -0.05) is 30.3 Å². The monoisotopic (exact) mass is 261 g/mol. The summed E-state index contributed by atoms with van der Waals surface area (Å²) in [6.45, 7) is -3.82. The van der Waals surface area contributed by atoms with Crippen LogP contribution in [-0.4, -0.2) is 37.3 Å². The van der Waals surface area contributed by atoms with Gasteiger partial charge in [0.25, 0.3) is 0 Å². The van der Waals surface area contributed by atoms with Crippen LogP contribution in [0.25, 0.3) is 0 Å². The minimum Gasteiger partial charge on any atom is -0.391 e. The minimum absolute atomic E-state index is 0.240. The van der Waals surface area contributed by atoms with E-state index in [1.165, 1.54) is 0 Å². The molecule has 1 aromatic rings. The van der Waals surface area contributed by atoms with Crippen molar-refractivity contribution in [2.24, 2.45) is 11.1 Å². The van der Waals surface area contributed by atoms with Crippen LogP contribution >= 0.6 is 0 Å². The van der Waals surface area contributed by atoms with E-state index in [4.69, 9.17) is 5.73 Å². The lowest BCUT2D eigenvalue weighted by molar-refractivity contribution is -0.0412. The molecule has 0 heterocycles. The Morgan fingerprint density at radius 2 is 1.56 bits per heavy atom. The molecule has 0 aromatic heterocycles. The van der Waals surface area contributed by atoms with E-state index < -0.39 is 37.6 Å². The Bertz CT molecular complexity index is 335. The molecule has 3 N–H and O–H groups in total. The molecule has 0 spiro atoms. The van der Waals surface area contributed by atoms with Crippen molar-refractivity contribution in [3.8, 4) is 0 Å². The van der Waals surface area contributed by atoms with E-state index in [2.05, 4.69) is 0 Å². The molecule has 0 fully saturated rings. The lowest BCUT2D eigenvalue weighted by Crippen LogP contribution is -2.52. The van der Waals surface area contributed by atoms with Crippen LogP contribution in [0.3, 0.4) is 0 Å². The highest BCUT2D eigenvalue weighted by Crippen LogP contribution is 2.27. The highest BCUT2D eigenvalue weighted by molar-refractivity contribution is 5.16. The Balaban J connectivity index is 2.74. The van der Waals surface area contributed by atoms with E-state index in [0.29, 0.717) is 0 Å². The maximum Gasteiger partial charge on any atom is 0.103 e. The number of alkyl halides is 3. The standard InChI is InChI=1S/C13H18F3NO/c14-7-13(8-15,9-16)12(18)11(17)6-10-4-2-1-3-5-10/h1-5,11-12,18H,6-9,17H2/t11-,12+/m0/s1. The fraction of sp³-hybridized carbons (Fsp3) is 0.538. The van der Waals surface area contributed by atoms with E-state index in [1.807, 2.05) is 6.07 Å². The number of rotatable bonds is 7. The molecule has 2 atom stereocenters. The van der Waals surface area contributed by atoms with Gasteiger partial charge in [0.2, 0.25) is 0 Å². The number of halogens is 3. The van der Waals surface area contributed by atoms with E-state index in [1.54, 1.807) is 24.3 Å². The van der Waals surface area contributed by atoms with Gasteiger partial charge in [-0.15, -0.1) is 0 Å². The average molecular weight is 261 g/mol. The lowest BCUT2D eigenvalue weighted by atomic mass is 9.80. The number of benzene rings is 1. The van der Waals surface area contributed by atoms with E-state index >= 15 is 0 Å². The summed E-state index contributed by atoms with van der Waals surface area (Å²) in [6.07, 6.45) is -1.32. The van der Waals surface area contributed by atoms with Crippen molar-refractivity contribution in [2.75, 3.05) is 20.0 Å². The fourth-order valence-corrected chi connectivity index (χ4v) is 1.80. The van der Waals surface area contributed by atoms with Crippen LogP contribution < -0.4 is 5.73 Å². The topological polar surface area (TPSA) is 46.2 Å². The summed E-state index contributed by atoms with van der Waals surface area (Å²) >= 11 is 0. The van der Waals surface area contributed by atoms with Crippen molar-refractivity contribution in [1.29, 1.82) is 0 Å². The molecular formula is C13H18F3NO. The molecule has 1 aromatic carbocycles. The second kappa shape index (κ2) is 6.75. The van der Waals surface area contributed by atoms with Gasteiger partial charge < -0.3 is 10.8 Å². The molecule has 0 saturated carbocycles. The van der Waals surface area contributed by atoms with Gasteiger partial charge in [0.15, 0.2) is 0 Å². The average Bonchev–Trinajstić information content (AvgIpc) is 2.42. The molecule has 0 aliphatic heterocycles. The van der Waals surface area contributed by atoms with Gasteiger partial charge in [0.1, 0.15) is 20.0 Å². The third kappa shape index (κ3) is 3.23. The smallest absolute Gasteiger partial charge is 0.103 e. The van der Waals surface area contributed by atoms with Crippen molar-refractivity contribution in [3.63, 3.8) is 0 Å². The molecule has 0 aliphatic carbocycles. The highest BCUT2D eigenvalue weighted by atomic mass is 19.1. The Hall–Kier alpha value is -1.07. The van der Waals surface area contributed by atoms with Crippen LogP contribution in [0.1, 0.15) is 5.56 Å². The number of aliphatic hydroxyl groups is 1. The van der Waals surface area contributed by atoms with Crippen LogP contribution in [0, 0.1) is 5.41 Å². The molecule has 0 aliphatic rings. The molecule has 2 nitrogen and oxygen atoms in total. The van der Waals surface area contributed by atoms with E-state index in [0.717, 1.165) is 5.56 Å². The summed E-state index contributed by atoms with van der Waals surface area (Å²) in [7, 11) is 0. The number of nitrogens with two attached hydrogens (primary N) is 1. The van der Waals surface area contributed by atoms with Crippen LogP contribution in [0.4, 0.5) is 13.2 Å². The third-order valence-electron chi connectivity index (χ3n) is 3.15. The first-order valence-electron chi connectivity index (χ1n) is 5.75. The second-order valence-electron chi connectivity index (χ2n) is 4.56. The summed E-state index contributed by atoms with van der Waals surface area (Å²) in [4.78, 5) is 0. The molecular weight excluding hydrogens is 243 g/mol. The molecule has 1 rings (SSSR count). The van der Waals surface area contributed by atoms with Gasteiger partial charge in [-0.05, 0) is 12.0 Å². The number of hydrogen-bond acceptors (Lipinski definition) is 2.